The molecule has 1 fully saturated rings. The van der Waals surface area contributed by atoms with Gasteiger partial charge in [0.1, 0.15) is 5.41 Å². The van der Waals surface area contributed by atoms with E-state index in [4.69, 9.17) is 0 Å². The average molecular weight is 331 g/mol. The molecule has 6 heteroatoms. The maximum Gasteiger partial charge on any atom is 0.244 e. The molecular weight excluding hydrogens is 310 g/mol. The smallest absolute Gasteiger partial charge is 0.244 e. The summed E-state index contributed by atoms with van der Waals surface area (Å²) in [5.41, 5.74) is -0.201. The lowest BCUT2D eigenvalue weighted by atomic mass is 9.86. The number of para-hydroxylation sites is 1. The number of nitrogens with one attached hydrogen (secondary N) is 1. The largest absolute Gasteiger partial charge is 0.335 e. The van der Waals surface area contributed by atoms with Gasteiger partial charge in [-0.1, -0.05) is 25.0 Å². The Hall–Kier alpha value is -2.00. The number of carbonyl (C=O) groups is 2. The van der Waals surface area contributed by atoms with Crippen LogP contribution in [0.5, 0.6) is 0 Å². The van der Waals surface area contributed by atoms with Gasteiger partial charge in [-0.2, -0.15) is 5.26 Å². The quantitative estimate of drug-likeness (QED) is 0.842. The summed E-state index contributed by atoms with van der Waals surface area (Å²) in [4.78, 5) is 27.1. The fourth-order valence-electron chi connectivity index (χ4n) is 2.94. The van der Waals surface area contributed by atoms with E-state index in [9.17, 15) is 14.9 Å². The van der Waals surface area contributed by atoms with Crippen LogP contribution >= 0.6 is 11.8 Å². The lowest BCUT2D eigenvalue weighted by Gasteiger charge is -2.26. The van der Waals surface area contributed by atoms with Gasteiger partial charge in [0.05, 0.1) is 18.3 Å². The minimum atomic E-state index is -0.938. The van der Waals surface area contributed by atoms with Gasteiger partial charge in [0.2, 0.25) is 11.8 Å². The summed E-state index contributed by atoms with van der Waals surface area (Å²) in [6, 6.07) is 9.70. The van der Waals surface area contributed by atoms with Crippen molar-refractivity contribution in [3.63, 3.8) is 0 Å². The molecule has 5 nitrogen and oxygen atoms in total. The first-order chi connectivity index (χ1) is 11.0. The van der Waals surface area contributed by atoms with Gasteiger partial charge in [0, 0.05) is 11.9 Å². The molecule has 0 radical (unpaired) electrons. The highest BCUT2D eigenvalue weighted by Crippen LogP contribution is 2.38. The highest BCUT2D eigenvalue weighted by atomic mass is 32.2. The number of likely N-dealkylation sites (N-methyl/N-ethyl adjacent to an activating group) is 1. The molecule has 1 aliphatic rings. The minimum absolute atomic E-state index is 0.0506. The number of thioether (sulfide) groups is 1. The van der Waals surface area contributed by atoms with Gasteiger partial charge in [-0.3, -0.25) is 9.59 Å². The van der Waals surface area contributed by atoms with Gasteiger partial charge < -0.3 is 10.2 Å². The number of carbonyl (C=O) groups excluding carboxylic acids is 2. The first kappa shape index (κ1) is 17.4. The Morgan fingerprint density at radius 1 is 1.35 bits per heavy atom. The van der Waals surface area contributed by atoms with E-state index in [0.717, 1.165) is 23.4 Å². The predicted octanol–water partition coefficient (Wildman–Crippen LogP) is 2.89. The molecule has 0 saturated heterocycles. The van der Waals surface area contributed by atoms with Crippen LogP contribution in [0.4, 0.5) is 5.69 Å². The first-order valence-electron chi connectivity index (χ1n) is 7.62. The molecule has 0 heterocycles. The number of nitrogens with zero attached hydrogens (tertiary/aromatic N) is 2. The number of hydrogen-bond acceptors (Lipinski definition) is 4. The van der Waals surface area contributed by atoms with Crippen LogP contribution in [0.25, 0.3) is 0 Å². The molecule has 0 bridgehead atoms. The lowest BCUT2D eigenvalue weighted by molar-refractivity contribution is -0.139. The van der Waals surface area contributed by atoms with Crippen molar-refractivity contribution in [2.75, 3.05) is 25.2 Å². The molecule has 122 valence electrons. The topological polar surface area (TPSA) is 73.2 Å². The maximum atomic E-state index is 12.5. The highest BCUT2D eigenvalue weighted by Gasteiger charge is 2.43. The molecule has 1 N–H and O–H groups in total. The molecule has 1 aromatic carbocycles. The second-order valence-corrected chi connectivity index (χ2v) is 6.66. The Kier molecular flexibility index (Phi) is 5.67. The number of anilines is 1. The molecule has 0 spiro atoms. The van der Waals surface area contributed by atoms with E-state index < -0.39 is 5.41 Å². The molecule has 1 aliphatic carbocycles. The first-order valence-corrected chi connectivity index (χ1v) is 8.84. The zero-order chi connectivity index (χ0) is 16.9. The van der Waals surface area contributed by atoms with Crippen LogP contribution < -0.4 is 5.32 Å². The van der Waals surface area contributed by atoms with Gasteiger partial charge in [-0.15, -0.1) is 11.8 Å². The van der Waals surface area contributed by atoms with E-state index in [1.165, 1.54) is 4.90 Å². The van der Waals surface area contributed by atoms with Crippen molar-refractivity contribution in [3.05, 3.63) is 24.3 Å². The van der Waals surface area contributed by atoms with Gasteiger partial charge in [-0.05, 0) is 31.2 Å². The standard InChI is InChI=1S/C17H21N3O2S/c1-20(16(22)17(12-18)9-5-6-10-17)11-15(21)19-13-7-3-4-8-14(13)23-2/h3-4,7-8H,5-6,9-11H2,1-2H3,(H,19,21). The van der Waals surface area contributed by atoms with Crippen LogP contribution in [-0.4, -0.2) is 36.6 Å². The predicted molar refractivity (Wildman–Crippen MR) is 91.0 cm³/mol. The fourth-order valence-corrected chi connectivity index (χ4v) is 3.50. The zero-order valence-electron chi connectivity index (χ0n) is 13.5. The van der Waals surface area contributed by atoms with Crippen molar-refractivity contribution in [1.29, 1.82) is 5.26 Å². The van der Waals surface area contributed by atoms with Crippen LogP contribution in [0.15, 0.2) is 29.2 Å². The van der Waals surface area contributed by atoms with E-state index in [2.05, 4.69) is 11.4 Å². The van der Waals surface area contributed by atoms with Gasteiger partial charge in [-0.25, -0.2) is 0 Å². The highest BCUT2D eigenvalue weighted by molar-refractivity contribution is 7.98. The number of amides is 2. The van der Waals surface area contributed by atoms with Gasteiger partial charge in [0.25, 0.3) is 0 Å². The molecule has 0 aromatic heterocycles. The third kappa shape index (κ3) is 3.85. The molecular formula is C17H21N3O2S. The van der Waals surface area contributed by atoms with Gasteiger partial charge >= 0.3 is 0 Å². The third-order valence-corrected chi connectivity index (χ3v) is 4.98. The van der Waals surface area contributed by atoms with Crippen molar-refractivity contribution in [1.82, 2.24) is 4.90 Å². The normalized spacial score (nSPS) is 15.7. The second kappa shape index (κ2) is 7.51. The summed E-state index contributed by atoms with van der Waals surface area (Å²) in [5, 5.41) is 12.2. The minimum Gasteiger partial charge on any atom is -0.335 e. The Morgan fingerprint density at radius 3 is 2.61 bits per heavy atom. The van der Waals surface area contributed by atoms with Crippen molar-refractivity contribution in [3.8, 4) is 6.07 Å². The number of nitriles is 1. The molecule has 23 heavy (non-hydrogen) atoms. The SMILES string of the molecule is CSc1ccccc1NC(=O)CN(C)C(=O)C1(C#N)CCCC1. The van der Waals surface area contributed by atoms with Crippen molar-refractivity contribution in [2.45, 2.75) is 30.6 Å². The molecule has 0 unspecified atom stereocenters. The van der Waals surface area contributed by atoms with Crippen LogP contribution in [0.1, 0.15) is 25.7 Å². The summed E-state index contributed by atoms with van der Waals surface area (Å²) in [7, 11) is 1.58. The fraction of sp³-hybridized carbons (Fsp3) is 0.471. The maximum absolute atomic E-state index is 12.5. The summed E-state index contributed by atoms with van der Waals surface area (Å²) >= 11 is 1.55. The number of hydrogen-bond donors (Lipinski definition) is 1. The van der Waals surface area contributed by atoms with Crippen LogP contribution in [0.3, 0.4) is 0 Å². The zero-order valence-corrected chi connectivity index (χ0v) is 14.3. The Balaban J connectivity index is 2.00. The van der Waals surface area contributed by atoms with E-state index >= 15 is 0 Å². The lowest BCUT2D eigenvalue weighted by Crippen LogP contribution is -2.43. The molecule has 2 rings (SSSR count). The van der Waals surface area contributed by atoms with Crippen molar-refractivity contribution >= 4 is 29.3 Å². The van der Waals surface area contributed by atoms with E-state index in [1.54, 1.807) is 18.8 Å². The Labute approximate surface area is 141 Å². The van der Waals surface area contributed by atoms with Crippen LogP contribution in [0, 0.1) is 16.7 Å². The molecule has 1 saturated carbocycles. The van der Waals surface area contributed by atoms with Gasteiger partial charge in [0.15, 0.2) is 0 Å². The van der Waals surface area contributed by atoms with Crippen molar-refractivity contribution < 1.29 is 9.59 Å². The number of rotatable bonds is 5. The Morgan fingerprint density at radius 2 is 2.00 bits per heavy atom. The van der Waals surface area contributed by atoms with Crippen molar-refractivity contribution in [2.24, 2.45) is 5.41 Å². The summed E-state index contributed by atoms with van der Waals surface area (Å²) < 4.78 is 0. The van der Waals surface area contributed by atoms with Crippen LogP contribution in [-0.2, 0) is 9.59 Å². The summed E-state index contributed by atoms with van der Waals surface area (Å²) in [5.74, 6) is -0.501. The molecule has 0 aliphatic heterocycles. The Bertz CT molecular complexity index is 633. The second-order valence-electron chi connectivity index (χ2n) is 5.81. The molecule has 1 aromatic rings. The van der Waals surface area contributed by atoms with E-state index in [0.29, 0.717) is 12.8 Å². The monoisotopic (exact) mass is 331 g/mol. The number of benzene rings is 1. The van der Waals surface area contributed by atoms with E-state index in [1.807, 2.05) is 30.5 Å². The molecule has 2 amide bonds. The molecule has 0 atom stereocenters. The third-order valence-electron chi connectivity index (χ3n) is 4.19. The van der Waals surface area contributed by atoms with E-state index in [-0.39, 0.29) is 18.4 Å². The summed E-state index contributed by atoms with van der Waals surface area (Å²) in [6.07, 6.45) is 4.89. The van der Waals surface area contributed by atoms with Crippen LogP contribution in [0.2, 0.25) is 0 Å². The average Bonchev–Trinajstić information content (AvgIpc) is 3.04. The summed E-state index contributed by atoms with van der Waals surface area (Å²) in [6.45, 7) is -0.0506.